The number of allylic oxidation sites excluding steroid dienone is 3. The van der Waals surface area contributed by atoms with E-state index < -0.39 is 15.4 Å². The van der Waals surface area contributed by atoms with Crippen LogP contribution in [-0.4, -0.2) is 46.6 Å². The van der Waals surface area contributed by atoms with Gasteiger partial charge in [-0.2, -0.15) is 0 Å². The van der Waals surface area contributed by atoms with Crippen molar-refractivity contribution in [3.05, 3.63) is 52.9 Å². The zero-order valence-electron chi connectivity index (χ0n) is 16.0. The summed E-state index contributed by atoms with van der Waals surface area (Å²) in [6.07, 6.45) is 2.07. The topological polar surface area (TPSA) is 87.7 Å². The first-order chi connectivity index (χ1) is 13.1. The van der Waals surface area contributed by atoms with Crippen LogP contribution in [-0.2, 0) is 14.4 Å². The molecule has 6 nitrogen and oxygen atoms in total. The van der Waals surface area contributed by atoms with Crippen molar-refractivity contribution in [2.24, 2.45) is 5.92 Å². The molecule has 0 saturated carbocycles. The molecule has 1 aromatic carbocycles. The van der Waals surface area contributed by atoms with Gasteiger partial charge in [0.25, 0.3) is 5.91 Å². The summed E-state index contributed by atoms with van der Waals surface area (Å²) in [6, 6.07) is 6.32. The third-order valence-electron chi connectivity index (χ3n) is 4.98. The quantitative estimate of drug-likeness (QED) is 0.496. The molecule has 1 aliphatic carbocycles. The Morgan fingerprint density at radius 1 is 1.43 bits per heavy atom. The summed E-state index contributed by atoms with van der Waals surface area (Å²) in [4.78, 5) is 12.9. The predicted octanol–water partition coefficient (Wildman–Crippen LogP) is 1.92. The molecule has 2 unspecified atom stereocenters. The van der Waals surface area contributed by atoms with Crippen molar-refractivity contribution in [1.82, 2.24) is 10.0 Å². The molecule has 0 spiro atoms. The summed E-state index contributed by atoms with van der Waals surface area (Å²) in [7, 11) is -3.01. The van der Waals surface area contributed by atoms with E-state index in [1.165, 1.54) is 12.1 Å². The highest BCUT2D eigenvalue weighted by atomic mass is 32.2. The van der Waals surface area contributed by atoms with E-state index in [4.69, 9.17) is 4.74 Å². The second kappa shape index (κ2) is 7.79. The lowest BCUT2D eigenvalue weighted by molar-refractivity contribution is -0.183. The minimum atomic E-state index is -3.01. The van der Waals surface area contributed by atoms with E-state index in [0.717, 1.165) is 5.57 Å². The molecule has 3 N–H and O–H groups in total. The van der Waals surface area contributed by atoms with Crippen LogP contribution in [0.4, 0.5) is 4.39 Å². The normalized spacial score (nSPS) is 23.4. The van der Waals surface area contributed by atoms with E-state index in [0.29, 0.717) is 29.0 Å². The number of halogens is 1. The number of amides is 1. The first-order valence-corrected chi connectivity index (χ1v) is 10.7. The van der Waals surface area contributed by atoms with Gasteiger partial charge >= 0.3 is 0 Å². The maximum Gasteiger partial charge on any atom is 0.251 e. The summed E-state index contributed by atoms with van der Waals surface area (Å²) in [5.74, 6) is 3.19. The van der Waals surface area contributed by atoms with Crippen LogP contribution in [0.5, 0.6) is 0 Å². The highest BCUT2D eigenvalue weighted by Gasteiger charge is 2.38. The molecule has 0 radical (unpaired) electrons. The molecule has 0 bridgehead atoms. The Morgan fingerprint density at radius 3 is 2.79 bits per heavy atom. The summed E-state index contributed by atoms with van der Waals surface area (Å²) < 4.78 is 34.0. The lowest BCUT2D eigenvalue weighted by Gasteiger charge is -2.37. The Kier molecular flexibility index (Phi) is 5.77. The molecule has 1 heterocycles. The molecule has 2 atom stereocenters. The van der Waals surface area contributed by atoms with Gasteiger partial charge in [-0.25, -0.2) is 13.3 Å². The van der Waals surface area contributed by atoms with Gasteiger partial charge in [-0.05, 0) is 56.0 Å². The summed E-state index contributed by atoms with van der Waals surface area (Å²) >= 11 is 0. The number of hydrogen-bond donors (Lipinski definition) is 3. The second-order valence-electron chi connectivity index (χ2n) is 7.46. The van der Waals surface area contributed by atoms with Crippen LogP contribution in [0, 0.1) is 5.92 Å². The van der Waals surface area contributed by atoms with E-state index in [2.05, 4.69) is 15.9 Å². The fourth-order valence-electron chi connectivity index (χ4n) is 3.18. The molecule has 3 rings (SSSR count). The Labute approximate surface area is 164 Å². The lowest BCUT2D eigenvalue weighted by atomic mass is 9.88. The van der Waals surface area contributed by atoms with Gasteiger partial charge in [-0.15, -0.1) is 0 Å². The van der Waals surface area contributed by atoms with Crippen molar-refractivity contribution in [3.8, 4) is 0 Å². The third kappa shape index (κ3) is 4.52. The number of hydrogen-bond acceptors (Lipinski definition) is 4. The Morgan fingerprint density at radius 2 is 2.14 bits per heavy atom. The Hall–Kier alpha value is -2.00. The molecular formula is C20H25FN2O4S. The van der Waals surface area contributed by atoms with Crippen LogP contribution in [0.25, 0.3) is 0 Å². The van der Waals surface area contributed by atoms with Crippen LogP contribution < -0.4 is 10.0 Å². The van der Waals surface area contributed by atoms with Crippen molar-refractivity contribution in [3.63, 3.8) is 0 Å². The Balaban J connectivity index is 1.67. The van der Waals surface area contributed by atoms with Gasteiger partial charge in [0.1, 0.15) is 5.83 Å². The standard InChI is InChI=1S/C20H25FN2O4S/c1-13-8-18(21)14(2)7-16(13)10-22-19(24)15-5-4-6-17(9-15)28(3,26)23-20(25)11-27-12-20/h4-6,8-9,16,25H,3,7,10-12H2,1-2H3,(H,22,24)(H,23,26). The average Bonchev–Trinajstić information content (AvgIpc) is 2.62. The zero-order valence-corrected chi connectivity index (χ0v) is 16.8. The molecule has 2 aliphatic rings. The highest BCUT2D eigenvalue weighted by molar-refractivity contribution is 7.98. The molecule has 1 fully saturated rings. The number of ether oxygens (including phenoxy) is 1. The van der Waals surface area contributed by atoms with E-state index in [-0.39, 0.29) is 30.9 Å². The van der Waals surface area contributed by atoms with Crippen molar-refractivity contribution in [2.75, 3.05) is 19.8 Å². The van der Waals surface area contributed by atoms with E-state index >= 15 is 0 Å². The van der Waals surface area contributed by atoms with Gasteiger partial charge in [0.05, 0.1) is 22.9 Å². The van der Waals surface area contributed by atoms with Crippen LogP contribution >= 0.6 is 0 Å². The van der Waals surface area contributed by atoms with E-state index in [9.17, 15) is 18.5 Å². The number of benzene rings is 1. The van der Waals surface area contributed by atoms with E-state index in [1.54, 1.807) is 25.1 Å². The number of carbonyl (C=O) groups excluding carboxylic acids is 1. The molecule has 28 heavy (non-hydrogen) atoms. The van der Waals surface area contributed by atoms with Crippen molar-refractivity contribution >= 4 is 21.5 Å². The van der Waals surface area contributed by atoms with Gasteiger partial charge in [-0.3, -0.25) is 4.79 Å². The molecule has 1 saturated heterocycles. The van der Waals surface area contributed by atoms with Crippen molar-refractivity contribution < 1.29 is 23.2 Å². The first kappa shape index (κ1) is 20.7. The van der Waals surface area contributed by atoms with Crippen molar-refractivity contribution in [2.45, 2.75) is 30.9 Å². The fraction of sp³-hybridized carbons (Fsp3) is 0.400. The average molecular weight is 408 g/mol. The first-order valence-electron chi connectivity index (χ1n) is 8.98. The maximum atomic E-state index is 13.6. The smallest absolute Gasteiger partial charge is 0.251 e. The number of carbonyl (C=O) groups is 1. The monoisotopic (exact) mass is 408 g/mol. The van der Waals surface area contributed by atoms with Crippen LogP contribution in [0.15, 0.2) is 52.2 Å². The molecular weight excluding hydrogens is 383 g/mol. The predicted molar refractivity (Wildman–Crippen MR) is 107 cm³/mol. The van der Waals surface area contributed by atoms with Gasteiger partial charge < -0.3 is 15.2 Å². The van der Waals surface area contributed by atoms with Crippen LogP contribution in [0.2, 0.25) is 0 Å². The van der Waals surface area contributed by atoms with Crippen LogP contribution in [0.3, 0.4) is 0 Å². The molecule has 0 aromatic heterocycles. The molecule has 8 heteroatoms. The minimum absolute atomic E-state index is 0.0302. The summed E-state index contributed by atoms with van der Waals surface area (Å²) in [6.45, 7) is 4.04. The largest absolute Gasteiger partial charge is 0.372 e. The highest BCUT2D eigenvalue weighted by Crippen LogP contribution is 2.29. The molecule has 1 amide bonds. The van der Waals surface area contributed by atoms with Gasteiger partial charge in [0, 0.05) is 22.9 Å². The zero-order chi connectivity index (χ0) is 20.5. The van der Waals surface area contributed by atoms with E-state index in [1.807, 2.05) is 6.92 Å². The van der Waals surface area contributed by atoms with Crippen molar-refractivity contribution in [1.29, 1.82) is 0 Å². The molecule has 1 aromatic rings. The minimum Gasteiger partial charge on any atom is -0.372 e. The Bertz CT molecular complexity index is 949. The summed E-state index contributed by atoms with van der Waals surface area (Å²) in [5.41, 5.74) is 0.525. The molecule has 1 aliphatic heterocycles. The van der Waals surface area contributed by atoms with Gasteiger partial charge in [0.15, 0.2) is 5.72 Å². The summed E-state index contributed by atoms with van der Waals surface area (Å²) in [5, 5.41) is 13.0. The fourth-order valence-corrected chi connectivity index (χ4v) is 4.65. The number of nitrogens with one attached hydrogen (secondary N) is 2. The SMILES string of the molecule is C=S(=O)(NC1(O)COC1)c1cccc(C(=O)NCC2CC(C)=C(F)C=C2C)c1. The second-order valence-corrected chi connectivity index (χ2v) is 9.48. The van der Waals surface area contributed by atoms with Gasteiger partial charge in [0.2, 0.25) is 0 Å². The molecule has 152 valence electrons. The number of rotatable bonds is 6. The number of aliphatic hydroxyl groups is 1. The lowest BCUT2D eigenvalue weighted by Crippen LogP contribution is -2.61. The third-order valence-corrected chi connectivity index (χ3v) is 6.71. The maximum absolute atomic E-state index is 13.6. The van der Waals surface area contributed by atoms with Gasteiger partial charge in [-0.1, -0.05) is 11.6 Å². The van der Waals surface area contributed by atoms with Crippen LogP contribution in [0.1, 0.15) is 30.6 Å².